The minimum absolute atomic E-state index is 0.646. The van der Waals surface area contributed by atoms with E-state index in [-0.39, 0.29) is 0 Å². The molecular formula is C26H42O2S. The van der Waals surface area contributed by atoms with Gasteiger partial charge in [0.25, 0.3) is 0 Å². The SMILES string of the molecule is CC/C=C\C/C=C\CCCC/C=C\C/C=C\CCC=CSC(CC)(CC)C(=O)O. The van der Waals surface area contributed by atoms with Gasteiger partial charge in [-0.15, -0.1) is 11.8 Å². The molecule has 0 spiro atoms. The van der Waals surface area contributed by atoms with Crippen LogP contribution in [0.4, 0.5) is 0 Å². The molecule has 0 atom stereocenters. The van der Waals surface area contributed by atoms with Crippen LogP contribution in [0.1, 0.15) is 91.4 Å². The fraction of sp³-hybridized carbons (Fsp3) is 0.577. The molecule has 0 amide bonds. The van der Waals surface area contributed by atoms with E-state index in [1.165, 1.54) is 31.0 Å². The van der Waals surface area contributed by atoms with Crippen LogP contribution in [-0.2, 0) is 4.79 Å². The minimum atomic E-state index is -0.708. The van der Waals surface area contributed by atoms with Gasteiger partial charge < -0.3 is 5.11 Å². The van der Waals surface area contributed by atoms with Crippen LogP contribution < -0.4 is 0 Å². The summed E-state index contributed by atoms with van der Waals surface area (Å²) in [5.41, 5.74) is 0. The lowest BCUT2D eigenvalue weighted by Gasteiger charge is -2.23. The number of carboxylic acid groups (broad SMARTS) is 1. The average Bonchev–Trinajstić information content (AvgIpc) is 2.72. The van der Waals surface area contributed by atoms with Gasteiger partial charge in [0.2, 0.25) is 0 Å². The molecule has 0 aromatic heterocycles. The van der Waals surface area contributed by atoms with E-state index in [9.17, 15) is 9.90 Å². The van der Waals surface area contributed by atoms with Crippen LogP contribution >= 0.6 is 11.8 Å². The largest absolute Gasteiger partial charge is 0.480 e. The molecule has 0 aromatic rings. The van der Waals surface area contributed by atoms with Crippen molar-refractivity contribution < 1.29 is 9.90 Å². The molecule has 3 heteroatoms. The molecule has 164 valence electrons. The molecule has 0 bridgehead atoms. The first-order chi connectivity index (χ1) is 14.1. The summed E-state index contributed by atoms with van der Waals surface area (Å²) >= 11 is 1.44. The summed E-state index contributed by atoms with van der Waals surface area (Å²) in [6.07, 6.45) is 31.3. The quantitative estimate of drug-likeness (QED) is 0.179. The molecule has 0 saturated carbocycles. The van der Waals surface area contributed by atoms with Crippen molar-refractivity contribution in [1.82, 2.24) is 0 Å². The Balaban J connectivity index is 3.69. The van der Waals surface area contributed by atoms with Crippen LogP contribution in [0, 0.1) is 0 Å². The highest BCUT2D eigenvalue weighted by Crippen LogP contribution is 2.33. The van der Waals surface area contributed by atoms with Crippen LogP contribution in [0.25, 0.3) is 0 Å². The van der Waals surface area contributed by atoms with Gasteiger partial charge in [0.15, 0.2) is 0 Å². The predicted molar refractivity (Wildman–Crippen MR) is 131 cm³/mol. The van der Waals surface area contributed by atoms with Gasteiger partial charge >= 0.3 is 5.97 Å². The number of thioether (sulfide) groups is 1. The van der Waals surface area contributed by atoms with Crippen molar-refractivity contribution in [1.29, 1.82) is 0 Å². The maximum Gasteiger partial charge on any atom is 0.320 e. The normalized spacial score (nSPS) is 13.2. The lowest BCUT2D eigenvalue weighted by Crippen LogP contribution is -2.32. The fourth-order valence-electron chi connectivity index (χ4n) is 2.80. The Kier molecular flexibility index (Phi) is 18.8. The number of rotatable bonds is 18. The third-order valence-electron chi connectivity index (χ3n) is 4.86. The number of carboxylic acids is 1. The van der Waals surface area contributed by atoms with Gasteiger partial charge in [0, 0.05) is 0 Å². The van der Waals surface area contributed by atoms with Crippen molar-refractivity contribution in [2.75, 3.05) is 0 Å². The number of carbonyl (C=O) groups is 1. The third-order valence-corrected chi connectivity index (χ3v) is 6.39. The van der Waals surface area contributed by atoms with Crippen molar-refractivity contribution in [3.63, 3.8) is 0 Å². The Labute approximate surface area is 183 Å². The molecule has 0 aromatic carbocycles. The van der Waals surface area contributed by atoms with Gasteiger partial charge in [-0.05, 0) is 76.0 Å². The zero-order valence-electron chi connectivity index (χ0n) is 18.8. The summed E-state index contributed by atoms with van der Waals surface area (Å²) in [6.45, 7) is 6.05. The van der Waals surface area contributed by atoms with Gasteiger partial charge in [0.1, 0.15) is 4.75 Å². The van der Waals surface area contributed by atoms with E-state index in [2.05, 4.69) is 61.6 Å². The molecule has 2 nitrogen and oxygen atoms in total. The zero-order chi connectivity index (χ0) is 21.6. The van der Waals surface area contributed by atoms with Gasteiger partial charge in [-0.3, -0.25) is 4.79 Å². The monoisotopic (exact) mass is 418 g/mol. The molecular weight excluding hydrogens is 376 g/mol. The Morgan fingerprint density at radius 1 is 0.724 bits per heavy atom. The number of allylic oxidation sites excluding steroid dienone is 9. The topological polar surface area (TPSA) is 37.3 Å². The standard InChI is InChI=1S/C26H42O2S/c1-4-7-8-9-10-11-12-13-14-15-16-17-18-19-20-21-22-23-24-29-26(5-2,6-3)25(27)28/h7-8,10-11,16-17,19-20,23-24H,4-6,9,12-15,18,21-22H2,1-3H3,(H,27,28)/b8-7-,11-10-,17-16-,20-19-,24-23?. The highest BCUT2D eigenvalue weighted by Gasteiger charge is 2.34. The Morgan fingerprint density at radius 3 is 1.69 bits per heavy atom. The molecule has 0 saturated heterocycles. The summed E-state index contributed by atoms with van der Waals surface area (Å²) < 4.78 is -0.667. The molecule has 0 radical (unpaired) electrons. The average molecular weight is 419 g/mol. The van der Waals surface area contributed by atoms with E-state index in [0.29, 0.717) is 12.8 Å². The second kappa shape index (κ2) is 19.8. The first-order valence-electron chi connectivity index (χ1n) is 11.3. The number of hydrogen-bond acceptors (Lipinski definition) is 2. The van der Waals surface area contributed by atoms with Crippen LogP contribution in [0.3, 0.4) is 0 Å². The van der Waals surface area contributed by atoms with Crippen LogP contribution in [0.15, 0.2) is 60.1 Å². The third kappa shape index (κ3) is 15.1. The zero-order valence-corrected chi connectivity index (χ0v) is 19.6. The maximum absolute atomic E-state index is 11.4. The number of unbranched alkanes of at least 4 members (excludes halogenated alkanes) is 4. The molecule has 0 unspecified atom stereocenters. The molecule has 0 heterocycles. The van der Waals surface area contributed by atoms with Crippen molar-refractivity contribution in [2.45, 2.75) is 96.1 Å². The Morgan fingerprint density at radius 2 is 1.21 bits per heavy atom. The maximum atomic E-state index is 11.4. The summed E-state index contributed by atoms with van der Waals surface area (Å²) in [5.74, 6) is -0.708. The predicted octanol–water partition coefficient (Wildman–Crippen LogP) is 8.63. The van der Waals surface area contributed by atoms with Gasteiger partial charge in [0.05, 0.1) is 0 Å². The summed E-state index contributed by atoms with van der Waals surface area (Å²) in [7, 11) is 0. The lowest BCUT2D eigenvalue weighted by molar-refractivity contribution is -0.140. The van der Waals surface area contributed by atoms with Crippen molar-refractivity contribution in [3.8, 4) is 0 Å². The molecule has 1 N–H and O–H groups in total. The lowest BCUT2D eigenvalue weighted by atomic mass is 10.0. The molecule has 0 aliphatic rings. The van der Waals surface area contributed by atoms with Crippen LogP contribution in [0.2, 0.25) is 0 Å². The molecule has 0 aliphatic heterocycles. The molecule has 0 fully saturated rings. The summed E-state index contributed by atoms with van der Waals surface area (Å²) in [6, 6.07) is 0. The summed E-state index contributed by atoms with van der Waals surface area (Å²) in [4.78, 5) is 11.4. The van der Waals surface area contributed by atoms with Gasteiger partial charge in [-0.2, -0.15) is 0 Å². The minimum Gasteiger partial charge on any atom is -0.480 e. The number of hydrogen-bond donors (Lipinski definition) is 1. The highest BCUT2D eigenvalue weighted by atomic mass is 32.2. The summed E-state index contributed by atoms with van der Waals surface area (Å²) in [5, 5.41) is 11.4. The van der Waals surface area contributed by atoms with E-state index in [1.807, 2.05) is 19.3 Å². The fourth-order valence-corrected chi connectivity index (χ4v) is 3.72. The molecule has 29 heavy (non-hydrogen) atoms. The smallest absolute Gasteiger partial charge is 0.320 e. The first kappa shape index (κ1) is 27.5. The van der Waals surface area contributed by atoms with E-state index in [0.717, 1.165) is 38.5 Å². The number of aliphatic carboxylic acids is 1. The first-order valence-corrected chi connectivity index (χ1v) is 12.2. The van der Waals surface area contributed by atoms with E-state index in [1.54, 1.807) is 0 Å². The van der Waals surface area contributed by atoms with E-state index < -0.39 is 10.7 Å². The Bertz CT molecular complexity index is 537. The molecule has 0 rings (SSSR count). The highest BCUT2D eigenvalue weighted by molar-refractivity contribution is 8.04. The second-order valence-electron chi connectivity index (χ2n) is 7.12. The van der Waals surface area contributed by atoms with Crippen LogP contribution in [-0.4, -0.2) is 15.8 Å². The molecule has 0 aliphatic carbocycles. The van der Waals surface area contributed by atoms with Crippen LogP contribution in [0.5, 0.6) is 0 Å². The Hall–Kier alpha value is -1.48. The van der Waals surface area contributed by atoms with E-state index >= 15 is 0 Å². The second-order valence-corrected chi connectivity index (χ2v) is 8.41. The van der Waals surface area contributed by atoms with E-state index in [4.69, 9.17) is 0 Å². The van der Waals surface area contributed by atoms with Crippen molar-refractivity contribution in [3.05, 3.63) is 60.1 Å². The van der Waals surface area contributed by atoms with Gasteiger partial charge in [-0.1, -0.05) is 75.5 Å². The van der Waals surface area contributed by atoms with Crippen molar-refractivity contribution in [2.24, 2.45) is 0 Å². The van der Waals surface area contributed by atoms with Crippen molar-refractivity contribution >= 4 is 17.7 Å². The van der Waals surface area contributed by atoms with Gasteiger partial charge in [-0.25, -0.2) is 0 Å².